The van der Waals surface area contributed by atoms with Crippen molar-refractivity contribution < 1.29 is 5.11 Å². The van der Waals surface area contributed by atoms with Gasteiger partial charge >= 0.3 is 0 Å². The Balaban J connectivity index is 1.95. The summed E-state index contributed by atoms with van der Waals surface area (Å²) >= 11 is 0. The highest BCUT2D eigenvalue weighted by molar-refractivity contribution is 4.69. The Labute approximate surface area is 100 Å². The van der Waals surface area contributed by atoms with Crippen LogP contribution in [0.25, 0.3) is 0 Å². The molecule has 0 saturated carbocycles. The number of nitrogens with zero attached hydrogens (tertiary/aromatic N) is 2. The summed E-state index contributed by atoms with van der Waals surface area (Å²) in [6.07, 6.45) is 5.41. The maximum atomic E-state index is 9.60. The zero-order valence-corrected chi connectivity index (χ0v) is 11.0. The van der Waals surface area contributed by atoms with Crippen LogP contribution in [0.3, 0.4) is 0 Å². The quantitative estimate of drug-likeness (QED) is 0.670. The van der Waals surface area contributed by atoms with Crippen molar-refractivity contribution in [1.82, 2.24) is 9.80 Å². The van der Waals surface area contributed by atoms with Crippen molar-refractivity contribution >= 4 is 0 Å². The lowest BCUT2D eigenvalue weighted by molar-refractivity contribution is 0.136. The summed E-state index contributed by atoms with van der Waals surface area (Å²) in [4.78, 5) is 4.94. The van der Waals surface area contributed by atoms with E-state index in [4.69, 9.17) is 0 Å². The van der Waals surface area contributed by atoms with Crippen LogP contribution in [0.1, 0.15) is 39.0 Å². The molecule has 0 aromatic rings. The number of likely N-dealkylation sites (N-methyl/N-ethyl adjacent to an activating group) is 1. The molecule has 0 bridgehead atoms. The molecule has 1 heterocycles. The third kappa shape index (κ3) is 5.83. The maximum Gasteiger partial charge on any atom is 0.0540 e. The van der Waals surface area contributed by atoms with E-state index in [0.29, 0.717) is 0 Å². The second kappa shape index (κ2) is 8.04. The summed E-state index contributed by atoms with van der Waals surface area (Å²) in [5.41, 5.74) is 0. The van der Waals surface area contributed by atoms with E-state index < -0.39 is 0 Å². The minimum absolute atomic E-state index is 0.0579. The van der Waals surface area contributed by atoms with E-state index in [9.17, 15) is 5.11 Å². The molecule has 1 aliphatic rings. The maximum absolute atomic E-state index is 9.60. The molecule has 0 amide bonds. The highest BCUT2D eigenvalue weighted by Gasteiger charge is 2.12. The molecule has 1 N–H and O–H groups in total. The molecule has 3 heteroatoms. The van der Waals surface area contributed by atoms with Crippen LogP contribution in [0, 0.1) is 0 Å². The number of rotatable bonds is 7. The van der Waals surface area contributed by atoms with Gasteiger partial charge in [0.05, 0.1) is 6.10 Å². The molecule has 1 fully saturated rings. The van der Waals surface area contributed by atoms with Gasteiger partial charge in [0.1, 0.15) is 0 Å². The van der Waals surface area contributed by atoms with Crippen LogP contribution in [0.15, 0.2) is 0 Å². The number of hydrogen-bond acceptors (Lipinski definition) is 3. The van der Waals surface area contributed by atoms with Crippen molar-refractivity contribution in [3.63, 3.8) is 0 Å². The van der Waals surface area contributed by atoms with E-state index in [0.717, 1.165) is 19.3 Å². The van der Waals surface area contributed by atoms with Gasteiger partial charge in [-0.3, -0.25) is 0 Å². The fourth-order valence-electron chi connectivity index (χ4n) is 2.26. The molecular weight excluding hydrogens is 200 g/mol. The number of aliphatic hydroxyl groups excluding tert-OH is 1. The minimum atomic E-state index is -0.0579. The highest BCUT2D eigenvalue weighted by atomic mass is 16.3. The summed E-state index contributed by atoms with van der Waals surface area (Å²) in [6, 6.07) is 0. The van der Waals surface area contributed by atoms with Gasteiger partial charge in [0, 0.05) is 26.2 Å². The number of unbranched alkanes of at least 4 members (excludes halogenated alkanes) is 1. The van der Waals surface area contributed by atoms with Crippen molar-refractivity contribution in [3.8, 4) is 0 Å². The fourth-order valence-corrected chi connectivity index (χ4v) is 2.26. The lowest BCUT2D eigenvalue weighted by atomic mass is 10.1. The Morgan fingerprint density at radius 3 is 2.38 bits per heavy atom. The average molecular weight is 228 g/mol. The third-order valence-corrected chi connectivity index (χ3v) is 3.48. The van der Waals surface area contributed by atoms with E-state index in [1.165, 1.54) is 45.6 Å². The van der Waals surface area contributed by atoms with Gasteiger partial charge in [0.25, 0.3) is 0 Å². The van der Waals surface area contributed by atoms with Gasteiger partial charge in [-0.2, -0.15) is 0 Å². The van der Waals surface area contributed by atoms with Crippen molar-refractivity contribution in [1.29, 1.82) is 0 Å². The molecule has 1 aliphatic heterocycles. The van der Waals surface area contributed by atoms with E-state index in [2.05, 4.69) is 23.8 Å². The lowest BCUT2D eigenvalue weighted by Crippen LogP contribution is -2.44. The van der Waals surface area contributed by atoms with Gasteiger partial charge in [-0.25, -0.2) is 0 Å². The molecule has 96 valence electrons. The smallest absolute Gasteiger partial charge is 0.0540 e. The summed E-state index contributed by atoms with van der Waals surface area (Å²) < 4.78 is 0. The van der Waals surface area contributed by atoms with Crippen molar-refractivity contribution in [3.05, 3.63) is 0 Å². The van der Waals surface area contributed by atoms with Crippen molar-refractivity contribution in [2.75, 3.05) is 39.8 Å². The monoisotopic (exact) mass is 228 g/mol. The number of aliphatic hydroxyl groups is 1. The van der Waals surface area contributed by atoms with Crippen molar-refractivity contribution in [2.45, 2.75) is 45.1 Å². The largest absolute Gasteiger partial charge is 0.393 e. The Morgan fingerprint density at radius 1 is 1.06 bits per heavy atom. The molecule has 3 nitrogen and oxygen atoms in total. The number of piperazine rings is 1. The second-order valence-corrected chi connectivity index (χ2v) is 5.08. The Hall–Kier alpha value is -0.120. The van der Waals surface area contributed by atoms with Crippen LogP contribution in [-0.4, -0.2) is 60.8 Å². The molecule has 0 aromatic heterocycles. The van der Waals surface area contributed by atoms with Crippen LogP contribution in [0.2, 0.25) is 0 Å². The molecule has 1 atom stereocenters. The van der Waals surface area contributed by atoms with Crippen LogP contribution < -0.4 is 0 Å². The zero-order valence-electron chi connectivity index (χ0n) is 11.0. The molecular formula is C13H28N2O. The Morgan fingerprint density at radius 2 is 1.75 bits per heavy atom. The summed E-state index contributed by atoms with van der Waals surface area (Å²) in [6.45, 7) is 8.19. The highest BCUT2D eigenvalue weighted by Crippen LogP contribution is 2.08. The third-order valence-electron chi connectivity index (χ3n) is 3.48. The van der Waals surface area contributed by atoms with Crippen molar-refractivity contribution in [2.24, 2.45) is 0 Å². The predicted octanol–water partition coefficient (Wildman–Crippen LogP) is 1.57. The molecule has 0 spiro atoms. The van der Waals surface area contributed by atoms with Crippen LogP contribution in [-0.2, 0) is 0 Å². The lowest BCUT2D eigenvalue weighted by Gasteiger charge is -2.32. The molecule has 0 aliphatic carbocycles. The normalized spacial score (nSPS) is 21.2. The summed E-state index contributed by atoms with van der Waals surface area (Å²) in [7, 11) is 2.19. The standard InChI is InChI=1S/C13H28N2O/c1-3-6-13(16)7-4-5-8-15-11-9-14(2)10-12-15/h13,16H,3-12H2,1-2H3. The van der Waals surface area contributed by atoms with E-state index in [1.54, 1.807) is 0 Å². The summed E-state index contributed by atoms with van der Waals surface area (Å²) in [5, 5.41) is 9.60. The van der Waals surface area contributed by atoms with Gasteiger partial charge < -0.3 is 14.9 Å². The summed E-state index contributed by atoms with van der Waals surface area (Å²) in [5.74, 6) is 0. The van der Waals surface area contributed by atoms with Gasteiger partial charge in [-0.1, -0.05) is 13.3 Å². The van der Waals surface area contributed by atoms with Gasteiger partial charge in [-0.15, -0.1) is 0 Å². The van der Waals surface area contributed by atoms with E-state index >= 15 is 0 Å². The Kier molecular flexibility index (Phi) is 7.01. The SMILES string of the molecule is CCCC(O)CCCCN1CCN(C)CC1. The molecule has 0 aromatic carbocycles. The zero-order chi connectivity index (χ0) is 11.8. The molecule has 1 saturated heterocycles. The van der Waals surface area contributed by atoms with Crippen LogP contribution in [0.5, 0.6) is 0 Å². The molecule has 1 unspecified atom stereocenters. The molecule has 16 heavy (non-hydrogen) atoms. The molecule has 1 rings (SSSR count). The first-order valence-electron chi connectivity index (χ1n) is 6.81. The van der Waals surface area contributed by atoms with Crippen LogP contribution >= 0.6 is 0 Å². The average Bonchev–Trinajstić information content (AvgIpc) is 2.27. The van der Waals surface area contributed by atoms with Gasteiger partial charge in [0.2, 0.25) is 0 Å². The predicted molar refractivity (Wildman–Crippen MR) is 68.7 cm³/mol. The molecule has 0 radical (unpaired) electrons. The van der Waals surface area contributed by atoms with E-state index in [1.807, 2.05) is 0 Å². The number of hydrogen-bond donors (Lipinski definition) is 1. The minimum Gasteiger partial charge on any atom is -0.393 e. The second-order valence-electron chi connectivity index (χ2n) is 5.08. The first-order chi connectivity index (χ1) is 7.72. The fraction of sp³-hybridized carbons (Fsp3) is 1.00. The topological polar surface area (TPSA) is 26.7 Å². The van der Waals surface area contributed by atoms with Gasteiger partial charge in [0.15, 0.2) is 0 Å². The van der Waals surface area contributed by atoms with E-state index in [-0.39, 0.29) is 6.10 Å². The first-order valence-corrected chi connectivity index (χ1v) is 6.81. The Bertz CT molecular complexity index is 167. The van der Waals surface area contributed by atoms with Gasteiger partial charge in [-0.05, 0) is 39.3 Å². The van der Waals surface area contributed by atoms with Crippen LogP contribution in [0.4, 0.5) is 0 Å². The first kappa shape index (κ1) is 13.9.